The fourth-order valence-electron chi connectivity index (χ4n) is 1.08. The van der Waals surface area contributed by atoms with E-state index in [1.54, 1.807) is 0 Å². The number of ether oxygens (including phenoxy) is 1. The zero-order valence-electron chi connectivity index (χ0n) is 8.57. The normalized spacial score (nSPS) is 12.6. The molecule has 0 amide bonds. The van der Waals surface area contributed by atoms with E-state index in [0.717, 1.165) is 5.75 Å². The number of benzene rings is 1. The van der Waals surface area contributed by atoms with E-state index in [1.807, 2.05) is 31.2 Å². The van der Waals surface area contributed by atoms with Crippen LogP contribution in [0.15, 0.2) is 24.3 Å². The van der Waals surface area contributed by atoms with Crippen LogP contribution in [0.25, 0.3) is 0 Å². The molecular weight excluding hydrogens is 226 g/mol. The molecule has 2 unspecified atom stereocenters. The summed E-state index contributed by atoms with van der Waals surface area (Å²) in [6.45, 7) is 2.41. The molecule has 2 nitrogen and oxygen atoms in total. The minimum atomic E-state index is -0.277. The van der Waals surface area contributed by atoms with Crippen molar-refractivity contribution in [1.82, 2.24) is 0 Å². The summed E-state index contributed by atoms with van der Waals surface area (Å²) in [5.41, 5.74) is 1.17. The lowest BCUT2D eigenvalue weighted by atomic mass is 10.2. The maximum Gasteiger partial charge on any atom is 0.156 e. The summed E-state index contributed by atoms with van der Waals surface area (Å²) in [7, 11) is 2.80. The van der Waals surface area contributed by atoms with Gasteiger partial charge >= 0.3 is 0 Å². The van der Waals surface area contributed by atoms with Gasteiger partial charge in [-0.15, -0.1) is 6.42 Å². The molecule has 0 aliphatic heterocycles. The Morgan fingerprint density at radius 3 is 3.00 bits per heavy atom. The van der Waals surface area contributed by atoms with E-state index in [4.69, 9.17) is 15.7 Å². The van der Waals surface area contributed by atoms with Gasteiger partial charge in [0.25, 0.3) is 0 Å². The van der Waals surface area contributed by atoms with Crippen molar-refractivity contribution in [2.24, 2.45) is 0 Å². The van der Waals surface area contributed by atoms with Crippen molar-refractivity contribution in [3.63, 3.8) is 0 Å². The van der Waals surface area contributed by atoms with Crippen LogP contribution in [0.2, 0.25) is 0 Å². The summed E-state index contributed by atoms with van der Waals surface area (Å²) in [6.07, 6.45) is 5.02. The largest absolute Gasteiger partial charge is 0.490 e. The average Bonchev–Trinajstić information content (AvgIpc) is 2.24. The first-order valence-electron chi connectivity index (χ1n) is 4.53. The standard InChI is InChI=1S/C11H14O2P2/c1-3-10(13-15-14)8-12-11-6-4-5-9(2)7-11/h1,4-7,10,15H,8,14H2,2H3/t10-/m1/s1. The van der Waals surface area contributed by atoms with E-state index in [1.165, 1.54) is 5.56 Å². The fraction of sp³-hybridized carbons (Fsp3) is 0.273. The molecule has 1 aromatic rings. The van der Waals surface area contributed by atoms with Crippen LogP contribution in [0.5, 0.6) is 5.75 Å². The molecule has 0 aromatic heterocycles. The molecular formula is C11H14O2P2. The van der Waals surface area contributed by atoms with Gasteiger partial charge in [-0.25, -0.2) is 0 Å². The molecule has 0 radical (unpaired) electrons. The zero-order valence-corrected chi connectivity index (χ0v) is 10.7. The molecule has 80 valence electrons. The zero-order chi connectivity index (χ0) is 11.1. The highest BCUT2D eigenvalue weighted by Gasteiger charge is 2.04. The summed E-state index contributed by atoms with van der Waals surface area (Å²) >= 11 is 0. The van der Waals surface area contributed by atoms with Crippen molar-refractivity contribution in [2.75, 3.05) is 6.61 Å². The fourth-order valence-corrected chi connectivity index (χ4v) is 1.87. The Bertz CT molecular complexity index is 347. The molecule has 0 fully saturated rings. The van der Waals surface area contributed by atoms with Gasteiger partial charge in [0.1, 0.15) is 12.4 Å². The molecule has 3 atom stereocenters. The van der Waals surface area contributed by atoms with Crippen LogP contribution in [0.3, 0.4) is 0 Å². The molecule has 0 saturated heterocycles. The third-order valence-corrected chi connectivity index (χ3v) is 2.62. The molecule has 1 aromatic carbocycles. The molecule has 4 heteroatoms. The van der Waals surface area contributed by atoms with Crippen LogP contribution in [-0.4, -0.2) is 12.7 Å². The number of aryl methyl sites for hydroxylation is 1. The van der Waals surface area contributed by atoms with Gasteiger partial charge in [0, 0.05) is 8.50 Å². The first-order chi connectivity index (χ1) is 7.26. The van der Waals surface area contributed by atoms with Crippen LogP contribution in [0, 0.1) is 19.3 Å². The maximum absolute atomic E-state index is 5.52. The Morgan fingerprint density at radius 1 is 1.60 bits per heavy atom. The van der Waals surface area contributed by atoms with Crippen LogP contribution in [0.1, 0.15) is 5.56 Å². The van der Waals surface area contributed by atoms with Gasteiger partial charge in [0.15, 0.2) is 6.10 Å². The Morgan fingerprint density at radius 2 is 2.40 bits per heavy atom. The van der Waals surface area contributed by atoms with E-state index in [0.29, 0.717) is 15.1 Å². The van der Waals surface area contributed by atoms with Crippen LogP contribution < -0.4 is 4.74 Å². The second-order valence-electron chi connectivity index (χ2n) is 3.02. The van der Waals surface area contributed by atoms with Gasteiger partial charge in [-0.05, 0) is 24.6 Å². The molecule has 1 rings (SSSR count). The summed E-state index contributed by atoms with van der Waals surface area (Å²) in [5, 5.41) is 0. The SMILES string of the molecule is C#C[C@H](COc1cccc(C)c1)OPP. The lowest BCUT2D eigenvalue weighted by Crippen LogP contribution is -2.16. The summed E-state index contributed by atoms with van der Waals surface area (Å²) in [6, 6.07) is 7.85. The topological polar surface area (TPSA) is 18.5 Å². The van der Waals surface area contributed by atoms with E-state index < -0.39 is 0 Å². The minimum Gasteiger partial charge on any atom is -0.490 e. The third kappa shape index (κ3) is 4.63. The maximum atomic E-state index is 5.52. The van der Waals surface area contributed by atoms with Gasteiger partial charge in [-0.2, -0.15) is 0 Å². The van der Waals surface area contributed by atoms with Crippen LogP contribution >= 0.6 is 17.4 Å². The number of hydrogen-bond donors (Lipinski definition) is 0. The molecule has 0 N–H and O–H groups in total. The summed E-state index contributed by atoms with van der Waals surface area (Å²) in [5.74, 6) is 3.36. The van der Waals surface area contributed by atoms with Gasteiger partial charge in [-0.1, -0.05) is 27.0 Å². The number of rotatable bonds is 5. The highest BCUT2D eigenvalue weighted by Crippen LogP contribution is 2.23. The Hall–Kier alpha value is -0.600. The molecule has 0 aliphatic rings. The summed E-state index contributed by atoms with van der Waals surface area (Å²) in [4.78, 5) is 0. The van der Waals surface area contributed by atoms with Gasteiger partial charge in [-0.3, -0.25) is 0 Å². The first-order valence-corrected chi connectivity index (χ1v) is 7.25. The molecule has 0 aliphatic carbocycles. The molecule has 15 heavy (non-hydrogen) atoms. The average molecular weight is 240 g/mol. The van der Waals surface area contributed by atoms with Crippen LogP contribution in [-0.2, 0) is 4.52 Å². The van der Waals surface area contributed by atoms with Crippen molar-refractivity contribution < 1.29 is 9.26 Å². The molecule has 0 spiro atoms. The second kappa shape index (κ2) is 6.81. The number of hydrogen-bond acceptors (Lipinski definition) is 2. The lowest BCUT2D eigenvalue weighted by molar-refractivity contribution is 0.191. The minimum absolute atomic E-state index is 0.277. The van der Waals surface area contributed by atoms with E-state index in [-0.39, 0.29) is 6.10 Å². The molecule has 0 heterocycles. The first kappa shape index (κ1) is 12.5. The second-order valence-corrected chi connectivity index (χ2v) is 4.20. The Balaban J connectivity index is 2.46. The van der Waals surface area contributed by atoms with Crippen molar-refractivity contribution in [3.05, 3.63) is 29.8 Å². The summed E-state index contributed by atoms with van der Waals surface area (Å²) < 4.78 is 10.8. The van der Waals surface area contributed by atoms with Gasteiger partial charge in [0.2, 0.25) is 0 Å². The molecule has 0 saturated carbocycles. The van der Waals surface area contributed by atoms with E-state index in [9.17, 15) is 0 Å². The third-order valence-electron chi connectivity index (χ3n) is 1.79. The monoisotopic (exact) mass is 240 g/mol. The molecule has 0 bridgehead atoms. The smallest absolute Gasteiger partial charge is 0.156 e. The van der Waals surface area contributed by atoms with E-state index in [2.05, 4.69) is 14.8 Å². The number of terminal acetylenes is 1. The Labute approximate surface area is 94.7 Å². The van der Waals surface area contributed by atoms with Gasteiger partial charge in [0.05, 0.1) is 0 Å². The predicted molar refractivity (Wildman–Crippen MR) is 68.4 cm³/mol. The lowest BCUT2D eigenvalue weighted by Gasteiger charge is -2.12. The quantitative estimate of drug-likeness (QED) is 0.582. The van der Waals surface area contributed by atoms with Crippen LogP contribution in [0.4, 0.5) is 0 Å². The van der Waals surface area contributed by atoms with Crippen molar-refractivity contribution in [2.45, 2.75) is 13.0 Å². The predicted octanol–water partition coefficient (Wildman–Crippen LogP) is 2.78. The Kier molecular flexibility index (Phi) is 5.66. The van der Waals surface area contributed by atoms with Gasteiger partial charge < -0.3 is 9.26 Å². The van der Waals surface area contributed by atoms with Crippen molar-refractivity contribution in [1.29, 1.82) is 0 Å². The van der Waals surface area contributed by atoms with Crippen molar-refractivity contribution >= 4 is 17.4 Å². The highest BCUT2D eigenvalue weighted by atomic mass is 32.0. The van der Waals surface area contributed by atoms with E-state index >= 15 is 0 Å². The highest BCUT2D eigenvalue weighted by molar-refractivity contribution is 8.00. The van der Waals surface area contributed by atoms with Crippen molar-refractivity contribution in [3.8, 4) is 18.1 Å².